The number of aryl methyl sites for hydroxylation is 1. The van der Waals surface area contributed by atoms with Crippen molar-refractivity contribution in [2.24, 2.45) is 0 Å². The summed E-state index contributed by atoms with van der Waals surface area (Å²) in [7, 11) is -3.61. The molecule has 118 valence electrons. The molecular formula is C12H19N3O5S. The maximum Gasteiger partial charge on any atom is 0.305 e. The van der Waals surface area contributed by atoms with Crippen LogP contribution in [-0.4, -0.2) is 48.0 Å². The van der Waals surface area contributed by atoms with Crippen molar-refractivity contribution in [3.63, 3.8) is 0 Å². The highest BCUT2D eigenvalue weighted by atomic mass is 32.2. The Balaban J connectivity index is 1.89. The third kappa shape index (κ3) is 4.26. The van der Waals surface area contributed by atoms with E-state index in [1.54, 1.807) is 0 Å². The fraction of sp³-hybridized carbons (Fsp3) is 0.667. The normalized spacial score (nSPS) is 22.0. The van der Waals surface area contributed by atoms with Gasteiger partial charge in [0.2, 0.25) is 10.0 Å². The van der Waals surface area contributed by atoms with Gasteiger partial charge >= 0.3 is 5.97 Å². The fourth-order valence-corrected chi connectivity index (χ4v) is 3.35. The molecule has 2 N–H and O–H groups in total. The molecule has 9 heteroatoms. The molecule has 0 aromatic carbocycles. The highest BCUT2D eigenvalue weighted by Gasteiger charge is 2.33. The first-order valence-electron chi connectivity index (χ1n) is 6.79. The number of carboxylic acids is 1. The average Bonchev–Trinajstić information content (AvgIpc) is 2.83. The Morgan fingerprint density at radius 1 is 1.57 bits per heavy atom. The maximum absolute atomic E-state index is 12.1. The lowest BCUT2D eigenvalue weighted by Crippen LogP contribution is -2.47. The average molecular weight is 317 g/mol. The van der Waals surface area contributed by atoms with E-state index in [0.29, 0.717) is 19.4 Å². The first-order valence-corrected chi connectivity index (χ1v) is 8.27. The van der Waals surface area contributed by atoms with E-state index in [2.05, 4.69) is 9.82 Å². The van der Waals surface area contributed by atoms with Gasteiger partial charge in [0.1, 0.15) is 4.90 Å². The number of nitrogens with zero attached hydrogens (tertiary/aromatic N) is 2. The Labute approximate surface area is 123 Å². The van der Waals surface area contributed by atoms with Crippen LogP contribution in [0.1, 0.15) is 26.2 Å². The summed E-state index contributed by atoms with van der Waals surface area (Å²) in [5.41, 5.74) is 0. The number of hydrogen-bond donors (Lipinski definition) is 2. The third-order valence-corrected chi connectivity index (χ3v) is 4.77. The molecule has 1 fully saturated rings. The van der Waals surface area contributed by atoms with E-state index in [9.17, 15) is 13.2 Å². The van der Waals surface area contributed by atoms with Crippen LogP contribution in [0, 0.1) is 0 Å². The zero-order chi connectivity index (χ0) is 15.5. The predicted octanol–water partition coefficient (Wildman–Crippen LogP) is 0.204. The number of hydrogen-bond acceptors (Lipinski definition) is 5. The van der Waals surface area contributed by atoms with Crippen molar-refractivity contribution in [3.8, 4) is 0 Å². The van der Waals surface area contributed by atoms with Gasteiger partial charge in [-0.3, -0.25) is 9.48 Å². The van der Waals surface area contributed by atoms with Crippen molar-refractivity contribution >= 4 is 16.0 Å². The molecule has 0 atom stereocenters. The van der Waals surface area contributed by atoms with Crippen molar-refractivity contribution in [1.29, 1.82) is 0 Å². The number of ether oxygens (including phenoxy) is 1. The number of carboxylic acid groups (broad SMARTS) is 1. The molecule has 1 aromatic heterocycles. The Hall–Kier alpha value is -1.45. The van der Waals surface area contributed by atoms with Crippen molar-refractivity contribution in [1.82, 2.24) is 14.5 Å². The molecular weight excluding hydrogens is 298 g/mol. The summed E-state index contributed by atoms with van der Waals surface area (Å²) >= 11 is 0. The van der Waals surface area contributed by atoms with Crippen LogP contribution in [0.2, 0.25) is 0 Å². The molecule has 1 saturated carbocycles. The molecule has 1 aromatic rings. The van der Waals surface area contributed by atoms with Gasteiger partial charge in [-0.05, 0) is 19.8 Å². The lowest BCUT2D eigenvalue weighted by atomic mass is 9.90. The van der Waals surface area contributed by atoms with Crippen molar-refractivity contribution in [3.05, 3.63) is 12.4 Å². The van der Waals surface area contributed by atoms with Gasteiger partial charge < -0.3 is 9.84 Å². The zero-order valence-corrected chi connectivity index (χ0v) is 12.5. The second-order valence-corrected chi connectivity index (χ2v) is 6.66. The lowest BCUT2D eigenvalue weighted by molar-refractivity contribution is -0.137. The number of rotatable bonds is 8. The number of aliphatic carboxylic acids is 1. The molecule has 1 aliphatic carbocycles. The van der Waals surface area contributed by atoms with E-state index >= 15 is 0 Å². The van der Waals surface area contributed by atoms with Gasteiger partial charge in [-0.1, -0.05) is 0 Å². The zero-order valence-electron chi connectivity index (χ0n) is 11.7. The summed E-state index contributed by atoms with van der Waals surface area (Å²) in [6, 6.07) is -0.117. The minimum atomic E-state index is -3.61. The largest absolute Gasteiger partial charge is 0.481 e. The van der Waals surface area contributed by atoms with Gasteiger partial charge in [-0.15, -0.1) is 0 Å². The first-order chi connectivity index (χ1) is 9.90. The summed E-state index contributed by atoms with van der Waals surface area (Å²) in [5, 5.41) is 12.4. The molecule has 0 unspecified atom stereocenters. The molecule has 0 spiro atoms. The second-order valence-electron chi connectivity index (χ2n) is 4.95. The molecule has 0 bridgehead atoms. The molecule has 8 nitrogen and oxygen atoms in total. The SMILES string of the molecule is CCOC1CC(NS(=O)(=O)c2cnn(CCC(=O)O)c2)C1. The summed E-state index contributed by atoms with van der Waals surface area (Å²) in [6.07, 6.45) is 3.92. The number of nitrogens with one attached hydrogen (secondary N) is 1. The predicted molar refractivity (Wildman–Crippen MR) is 73.2 cm³/mol. The molecule has 0 aliphatic heterocycles. The van der Waals surface area contributed by atoms with Gasteiger partial charge in [0.05, 0.1) is 25.3 Å². The molecule has 1 heterocycles. The highest BCUT2D eigenvalue weighted by molar-refractivity contribution is 7.89. The van der Waals surface area contributed by atoms with Crippen molar-refractivity contribution in [2.45, 2.75) is 49.8 Å². The van der Waals surface area contributed by atoms with Crippen LogP contribution in [0.15, 0.2) is 17.3 Å². The molecule has 0 saturated heterocycles. The summed E-state index contributed by atoms with van der Waals surface area (Å²) in [5.74, 6) is -0.954. The van der Waals surface area contributed by atoms with Crippen LogP contribution in [0.4, 0.5) is 0 Å². The monoisotopic (exact) mass is 317 g/mol. The lowest BCUT2D eigenvalue weighted by Gasteiger charge is -2.34. The Bertz CT molecular complexity index is 592. The number of aromatic nitrogens is 2. The topological polar surface area (TPSA) is 111 Å². The van der Waals surface area contributed by atoms with Crippen LogP contribution < -0.4 is 4.72 Å². The quantitative estimate of drug-likeness (QED) is 0.709. The summed E-state index contributed by atoms with van der Waals surface area (Å²) in [4.78, 5) is 10.5. The first kappa shape index (κ1) is 15.9. The summed E-state index contributed by atoms with van der Waals surface area (Å²) < 4.78 is 33.5. The maximum atomic E-state index is 12.1. The minimum absolute atomic E-state index is 0.0488. The van der Waals surface area contributed by atoms with E-state index in [1.807, 2.05) is 6.92 Å². The van der Waals surface area contributed by atoms with Crippen LogP contribution >= 0.6 is 0 Å². The van der Waals surface area contributed by atoms with Crippen LogP contribution in [0.5, 0.6) is 0 Å². The third-order valence-electron chi connectivity index (χ3n) is 3.29. The van der Waals surface area contributed by atoms with Gasteiger partial charge in [0, 0.05) is 18.8 Å². The van der Waals surface area contributed by atoms with E-state index in [1.165, 1.54) is 17.1 Å². The van der Waals surface area contributed by atoms with Crippen LogP contribution in [0.3, 0.4) is 0 Å². The number of sulfonamides is 1. The van der Waals surface area contributed by atoms with Gasteiger partial charge in [-0.25, -0.2) is 13.1 Å². The van der Waals surface area contributed by atoms with Crippen LogP contribution in [0.25, 0.3) is 0 Å². The van der Waals surface area contributed by atoms with E-state index in [-0.39, 0.29) is 30.0 Å². The van der Waals surface area contributed by atoms with Gasteiger partial charge in [0.15, 0.2) is 0 Å². The Kier molecular flexibility index (Phi) is 4.96. The minimum Gasteiger partial charge on any atom is -0.481 e. The van der Waals surface area contributed by atoms with E-state index < -0.39 is 16.0 Å². The molecule has 2 rings (SSSR count). The summed E-state index contributed by atoms with van der Waals surface area (Å²) in [6.45, 7) is 2.67. The van der Waals surface area contributed by atoms with Gasteiger partial charge in [0.25, 0.3) is 0 Å². The molecule has 0 amide bonds. The van der Waals surface area contributed by atoms with Crippen molar-refractivity contribution < 1.29 is 23.1 Å². The Morgan fingerprint density at radius 3 is 2.90 bits per heavy atom. The molecule has 21 heavy (non-hydrogen) atoms. The molecule has 0 radical (unpaired) electrons. The van der Waals surface area contributed by atoms with E-state index in [0.717, 1.165) is 0 Å². The van der Waals surface area contributed by atoms with Crippen LogP contribution in [-0.2, 0) is 26.1 Å². The molecule has 1 aliphatic rings. The fourth-order valence-electron chi connectivity index (χ4n) is 2.14. The Morgan fingerprint density at radius 2 is 2.29 bits per heavy atom. The highest BCUT2D eigenvalue weighted by Crippen LogP contribution is 2.25. The van der Waals surface area contributed by atoms with Crippen molar-refractivity contribution in [2.75, 3.05) is 6.61 Å². The standard InChI is InChI=1S/C12H19N3O5S/c1-2-20-10-5-9(6-10)14-21(18,19)11-7-13-15(8-11)4-3-12(16)17/h7-10,14H,2-6H2,1H3,(H,16,17). The smallest absolute Gasteiger partial charge is 0.305 e. The van der Waals surface area contributed by atoms with E-state index in [4.69, 9.17) is 9.84 Å². The second kappa shape index (κ2) is 6.54. The number of carbonyl (C=O) groups is 1. The van der Waals surface area contributed by atoms with Gasteiger partial charge in [-0.2, -0.15) is 5.10 Å².